The van der Waals surface area contributed by atoms with E-state index in [-0.39, 0.29) is 37.4 Å². The van der Waals surface area contributed by atoms with E-state index in [2.05, 4.69) is 6.92 Å². The molecule has 4 saturated carbocycles. The molecule has 23 atom stereocenters. The molecule has 0 bridgehead atoms. The molecule has 7 fully saturated rings. The van der Waals surface area contributed by atoms with E-state index in [9.17, 15) is 35.4 Å². The second kappa shape index (κ2) is 17.6. The van der Waals surface area contributed by atoms with Crippen molar-refractivity contribution in [2.45, 2.75) is 228 Å². The monoisotopic (exact) mass is 874 g/mol. The lowest BCUT2D eigenvalue weighted by Gasteiger charge is -2.69. The van der Waals surface area contributed by atoms with Gasteiger partial charge < -0.3 is 78.0 Å². The van der Waals surface area contributed by atoms with E-state index in [1.165, 1.54) is 14.0 Å². The fraction of sp³-hybridized carbons (Fsp3) is 0.977. The number of hydrogen-bond acceptors (Lipinski definition) is 17. The van der Waals surface area contributed by atoms with Gasteiger partial charge in [-0.3, -0.25) is 4.79 Å². The van der Waals surface area contributed by atoms with Gasteiger partial charge in [0.2, 0.25) is 0 Å². The summed E-state index contributed by atoms with van der Waals surface area (Å²) in [7, 11) is 4.63. The third-order valence-electron chi connectivity index (χ3n) is 17.1. The van der Waals surface area contributed by atoms with Crippen molar-refractivity contribution in [2.75, 3.05) is 21.3 Å². The highest BCUT2D eigenvalue weighted by Gasteiger charge is 2.81. The molecular weight excluding hydrogens is 800 g/mol. The predicted molar refractivity (Wildman–Crippen MR) is 213 cm³/mol. The van der Waals surface area contributed by atoms with Gasteiger partial charge in [0.15, 0.2) is 18.9 Å². The van der Waals surface area contributed by atoms with E-state index < -0.39 is 126 Å². The minimum Gasteiger partial charge on any atom is -0.460 e. The van der Waals surface area contributed by atoms with Crippen LogP contribution in [0.5, 0.6) is 0 Å². The van der Waals surface area contributed by atoms with Crippen molar-refractivity contribution in [1.29, 1.82) is 0 Å². The first-order chi connectivity index (χ1) is 28.6. The van der Waals surface area contributed by atoms with Crippen LogP contribution >= 0.6 is 0 Å². The quantitative estimate of drug-likeness (QED) is 0.129. The number of aliphatic hydroxyl groups excluding tert-OH is 3. The van der Waals surface area contributed by atoms with Gasteiger partial charge in [0, 0.05) is 41.1 Å². The molecule has 17 heteroatoms. The molecule has 3 heterocycles. The Kier molecular flexibility index (Phi) is 13.8. The van der Waals surface area contributed by atoms with Crippen LogP contribution in [0.25, 0.3) is 0 Å². The summed E-state index contributed by atoms with van der Waals surface area (Å²) in [4.78, 5) is 11.9. The lowest BCUT2D eigenvalue weighted by atomic mass is 9.40. The van der Waals surface area contributed by atoms with Crippen molar-refractivity contribution in [2.24, 2.45) is 22.7 Å². The van der Waals surface area contributed by atoms with E-state index in [0.29, 0.717) is 38.5 Å². The molecule has 4 aliphatic carbocycles. The van der Waals surface area contributed by atoms with Crippen molar-refractivity contribution in [3.8, 4) is 0 Å². The summed E-state index contributed by atoms with van der Waals surface area (Å²) in [6.45, 7) is 12.1. The lowest BCUT2D eigenvalue weighted by Crippen LogP contribution is -2.79. The van der Waals surface area contributed by atoms with Crippen LogP contribution in [-0.2, 0) is 52.2 Å². The van der Waals surface area contributed by atoms with E-state index in [1.54, 1.807) is 35.0 Å². The minimum atomic E-state index is -1.81. The molecule has 23 unspecified atom stereocenters. The number of fused-ring (bicyclic) bond motifs is 5. The summed E-state index contributed by atoms with van der Waals surface area (Å²) in [6.07, 6.45) is -7.11. The standard InChI is InChI=1S/C44H74O17/c1-21-34(47)38(54-10)35(48)39(57-21)61-37-23(3)56-33(19-29(37)53-9)60-36-22(2)55-32(18-28(36)52-8)59-27-12-13-40(6)26(17-27)11-14-43(50)30(40)20-31(46)41(7)42(49,15-16-44(41,43)51)24(4)58-25(5)45/h21-24,26-39,46-51H,11-20H2,1-10H3. The highest BCUT2D eigenvalue weighted by Crippen LogP contribution is 2.72. The van der Waals surface area contributed by atoms with E-state index in [0.717, 1.165) is 6.42 Å². The van der Waals surface area contributed by atoms with E-state index in [1.807, 2.05) is 13.8 Å². The molecule has 17 nitrogen and oxygen atoms in total. The number of hydrogen-bond donors (Lipinski definition) is 6. The third kappa shape index (κ3) is 7.74. The number of rotatable bonds is 11. The van der Waals surface area contributed by atoms with Crippen molar-refractivity contribution in [3.05, 3.63) is 0 Å². The maximum atomic E-state index is 12.7. The summed E-state index contributed by atoms with van der Waals surface area (Å²) in [5.74, 6) is -0.853. The third-order valence-corrected chi connectivity index (χ3v) is 17.1. The molecule has 0 radical (unpaired) electrons. The van der Waals surface area contributed by atoms with Gasteiger partial charge in [-0.2, -0.15) is 0 Å². The zero-order chi connectivity index (χ0) is 44.6. The van der Waals surface area contributed by atoms with E-state index >= 15 is 0 Å². The number of ether oxygens (including phenoxy) is 10. The Morgan fingerprint density at radius 2 is 1.30 bits per heavy atom. The first-order valence-electron chi connectivity index (χ1n) is 22.5. The van der Waals surface area contributed by atoms with Gasteiger partial charge in [-0.05, 0) is 96.3 Å². The molecule has 61 heavy (non-hydrogen) atoms. The summed E-state index contributed by atoms with van der Waals surface area (Å²) in [5, 5.41) is 70.6. The Bertz CT molecular complexity index is 1540. The van der Waals surface area contributed by atoms with Crippen LogP contribution in [0.15, 0.2) is 0 Å². The molecule has 3 aliphatic heterocycles. The van der Waals surface area contributed by atoms with Crippen LogP contribution < -0.4 is 0 Å². The van der Waals surface area contributed by atoms with Gasteiger partial charge >= 0.3 is 5.97 Å². The van der Waals surface area contributed by atoms with Gasteiger partial charge in [-0.1, -0.05) is 13.8 Å². The van der Waals surface area contributed by atoms with Gasteiger partial charge in [0.25, 0.3) is 0 Å². The highest BCUT2D eigenvalue weighted by molar-refractivity contribution is 5.66. The Labute approximate surface area is 359 Å². The summed E-state index contributed by atoms with van der Waals surface area (Å²) in [6, 6.07) is 0. The molecule has 7 aliphatic rings. The van der Waals surface area contributed by atoms with Crippen LogP contribution in [0.3, 0.4) is 0 Å². The first-order valence-corrected chi connectivity index (χ1v) is 22.5. The molecule has 7 rings (SSSR count). The maximum Gasteiger partial charge on any atom is 0.302 e. The molecule has 0 amide bonds. The molecule has 0 aromatic carbocycles. The number of aliphatic hydroxyl groups is 6. The average Bonchev–Trinajstić information content (AvgIpc) is 3.44. The summed E-state index contributed by atoms with van der Waals surface area (Å²) in [5.41, 5.74) is -7.06. The van der Waals surface area contributed by atoms with Crippen LogP contribution in [0.1, 0.15) is 113 Å². The summed E-state index contributed by atoms with van der Waals surface area (Å²) >= 11 is 0. The molecule has 6 N–H and O–H groups in total. The SMILES string of the molecule is COC1CC(OC2CCC3(C)C(CCC4(O)C3CC(O)C3(C)C(O)(C(C)OC(C)=O)CCC43O)C2)OC(C)C1OC1CC(OC)C(OC2OC(C)C(O)C(OC)C2O)C(C)O1. The molecule has 352 valence electrons. The number of carbonyl (C=O) groups is 1. The minimum absolute atomic E-state index is 0.0703. The molecule has 0 aromatic rings. The van der Waals surface area contributed by atoms with E-state index in [4.69, 9.17) is 47.4 Å². The van der Waals surface area contributed by atoms with Gasteiger partial charge in [0.1, 0.15) is 47.8 Å². The van der Waals surface area contributed by atoms with Crippen molar-refractivity contribution in [1.82, 2.24) is 0 Å². The predicted octanol–water partition coefficient (Wildman–Crippen LogP) is 1.85. The first kappa shape index (κ1) is 47.8. The molecule has 0 spiro atoms. The number of carbonyl (C=O) groups excluding carboxylic acids is 1. The zero-order valence-corrected chi connectivity index (χ0v) is 37.6. The second-order valence-corrected chi connectivity index (χ2v) is 19.9. The topological polar surface area (TPSA) is 231 Å². The normalized spacial score (nSPS) is 54.3. The van der Waals surface area contributed by atoms with Crippen LogP contribution in [-0.4, -0.2) is 173 Å². The largest absolute Gasteiger partial charge is 0.460 e. The van der Waals surface area contributed by atoms with Crippen LogP contribution in [0.2, 0.25) is 0 Å². The van der Waals surface area contributed by atoms with Gasteiger partial charge in [-0.15, -0.1) is 0 Å². The summed E-state index contributed by atoms with van der Waals surface area (Å²) < 4.78 is 60.7. The van der Waals surface area contributed by atoms with Gasteiger partial charge in [-0.25, -0.2) is 0 Å². The lowest BCUT2D eigenvalue weighted by molar-refractivity contribution is -0.353. The fourth-order valence-corrected chi connectivity index (χ4v) is 13.4. The molecule has 0 aromatic heterocycles. The molecule has 3 saturated heterocycles. The maximum absolute atomic E-state index is 12.7. The Morgan fingerprint density at radius 3 is 1.89 bits per heavy atom. The number of methoxy groups -OCH3 is 3. The van der Waals surface area contributed by atoms with Crippen molar-refractivity contribution in [3.63, 3.8) is 0 Å². The second-order valence-electron chi connectivity index (χ2n) is 19.9. The fourth-order valence-electron chi connectivity index (χ4n) is 13.4. The van der Waals surface area contributed by atoms with Crippen LogP contribution in [0.4, 0.5) is 0 Å². The zero-order valence-electron chi connectivity index (χ0n) is 37.6. The smallest absolute Gasteiger partial charge is 0.302 e. The number of esters is 1. The Balaban J connectivity index is 0.957. The molecular formula is C44H74O17. The van der Waals surface area contributed by atoms with Crippen molar-refractivity contribution < 1.29 is 82.8 Å². The van der Waals surface area contributed by atoms with Gasteiger partial charge in [0.05, 0.1) is 53.7 Å². The highest BCUT2D eigenvalue weighted by atomic mass is 16.8. The Morgan fingerprint density at radius 1 is 0.689 bits per heavy atom. The Hall–Kier alpha value is -1.13. The van der Waals surface area contributed by atoms with Crippen LogP contribution in [0, 0.1) is 22.7 Å². The average molecular weight is 875 g/mol. The van der Waals surface area contributed by atoms with Crippen molar-refractivity contribution >= 4 is 5.97 Å².